The molecule has 0 radical (unpaired) electrons. The van der Waals surface area contributed by atoms with Crippen molar-refractivity contribution >= 4 is 41.1 Å². The lowest BCUT2D eigenvalue weighted by Gasteiger charge is -2.30. The van der Waals surface area contributed by atoms with Gasteiger partial charge in [0, 0.05) is 16.8 Å². The number of aliphatic imine (C=N–C) groups is 1. The summed E-state index contributed by atoms with van der Waals surface area (Å²) in [6.07, 6.45) is -6.26. The van der Waals surface area contributed by atoms with Gasteiger partial charge in [-0.25, -0.2) is 9.79 Å². The molecule has 1 aliphatic heterocycles. The molecule has 248 valence electrons. The second-order valence-corrected chi connectivity index (χ2v) is 10.8. The Morgan fingerprint density at radius 1 is 0.857 bits per heavy atom. The summed E-state index contributed by atoms with van der Waals surface area (Å²) in [6, 6.07) is 27.2. The van der Waals surface area contributed by atoms with E-state index in [2.05, 4.69) is 21.6 Å². The highest BCUT2D eigenvalue weighted by molar-refractivity contribution is 6.13. The maximum absolute atomic E-state index is 14.4. The van der Waals surface area contributed by atoms with Crippen LogP contribution in [0.4, 0.5) is 24.5 Å². The minimum atomic E-state index is -5.41. The Kier molecular flexibility index (Phi) is 10.1. The Labute approximate surface area is 278 Å². The highest BCUT2D eigenvalue weighted by Crippen LogP contribution is 2.37. The predicted octanol–water partition coefficient (Wildman–Crippen LogP) is 4.74. The molecule has 0 aliphatic carbocycles. The van der Waals surface area contributed by atoms with E-state index >= 15 is 0 Å². The summed E-state index contributed by atoms with van der Waals surface area (Å²) in [5.41, 5.74) is 13.8. The number of carbonyl (C=O) groups is 4. The number of nitrogens with two attached hydrogens (primary N) is 2. The molecule has 0 aromatic heterocycles. The fraction of sp³-hybridized carbons (Fsp3) is 0.139. The number of hydrogen-bond acceptors (Lipinski definition) is 6. The maximum atomic E-state index is 14.4. The molecule has 5 rings (SSSR count). The molecule has 2 amide bonds. The standard InChI is InChI=1S/C36H28F3N5O5/c37-36(38,39)34(48)49-32(46)20-30(26-10-3-1-4-11-26)43-22-31(45)44(27-12-5-2-6-13-27)29-17-16-24(19-28(29)33(43)47)15-14-23-8-7-9-25(18-23)21-42-35(40)41/h1-13,16-19,30H,20-22H2,(H4,40,41,42). The first kappa shape index (κ1) is 33.9. The number of nitrogens with zero attached hydrogens (tertiary/aromatic N) is 3. The van der Waals surface area contributed by atoms with Crippen LogP contribution in [-0.2, 0) is 25.7 Å². The van der Waals surface area contributed by atoms with E-state index < -0.39 is 48.9 Å². The summed E-state index contributed by atoms with van der Waals surface area (Å²) in [6.45, 7) is -0.309. The van der Waals surface area contributed by atoms with Crippen LogP contribution < -0.4 is 16.4 Å². The van der Waals surface area contributed by atoms with Gasteiger partial charge in [-0.2, -0.15) is 13.2 Å². The maximum Gasteiger partial charge on any atom is 0.491 e. The lowest BCUT2D eigenvalue weighted by molar-refractivity contribution is -0.202. The second-order valence-electron chi connectivity index (χ2n) is 10.8. The zero-order valence-electron chi connectivity index (χ0n) is 25.7. The van der Waals surface area contributed by atoms with Gasteiger partial charge >= 0.3 is 18.1 Å². The number of para-hydroxylation sites is 1. The number of alkyl halides is 3. The third-order valence-electron chi connectivity index (χ3n) is 7.38. The Morgan fingerprint density at radius 2 is 1.51 bits per heavy atom. The molecule has 1 atom stereocenters. The van der Waals surface area contributed by atoms with Crippen molar-refractivity contribution in [1.82, 2.24) is 4.90 Å². The highest BCUT2D eigenvalue weighted by Gasteiger charge is 2.43. The summed E-state index contributed by atoms with van der Waals surface area (Å²) < 4.78 is 42.7. The van der Waals surface area contributed by atoms with Crippen molar-refractivity contribution in [3.8, 4) is 11.8 Å². The molecule has 1 unspecified atom stereocenters. The smallest absolute Gasteiger partial charge is 0.386 e. The summed E-state index contributed by atoms with van der Waals surface area (Å²) >= 11 is 0. The van der Waals surface area contributed by atoms with Crippen molar-refractivity contribution in [1.29, 1.82) is 0 Å². The van der Waals surface area contributed by atoms with Gasteiger partial charge in [0.1, 0.15) is 6.54 Å². The second kappa shape index (κ2) is 14.6. The van der Waals surface area contributed by atoms with Crippen molar-refractivity contribution in [3.63, 3.8) is 0 Å². The van der Waals surface area contributed by atoms with Gasteiger partial charge in [0.2, 0.25) is 0 Å². The van der Waals surface area contributed by atoms with E-state index in [0.717, 1.165) is 10.5 Å². The number of anilines is 2. The fourth-order valence-corrected chi connectivity index (χ4v) is 5.19. The first-order valence-electron chi connectivity index (χ1n) is 14.8. The number of guanidine groups is 1. The average Bonchev–Trinajstić information content (AvgIpc) is 3.19. The predicted molar refractivity (Wildman–Crippen MR) is 174 cm³/mol. The van der Waals surface area contributed by atoms with Crippen molar-refractivity contribution in [2.24, 2.45) is 16.5 Å². The lowest BCUT2D eigenvalue weighted by atomic mass is 10.00. The minimum absolute atomic E-state index is 0.0451. The van der Waals surface area contributed by atoms with E-state index in [-0.39, 0.29) is 23.8 Å². The number of ether oxygens (including phenoxy) is 1. The van der Waals surface area contributed by atoms with Gasteiger partial charge in [0.05, 0.1) is 30.3 Å². The number of carbonyl (C=O) groups excluding carboxylic acids is 4. The molecule has 10 nitrogen and oxygen atoms in total. The summed E-state index contributed by atoms with van der Waals surface area (Å²) in [5, 5.41) is 0. The quantitative estimate of drug-likeness (QED) is 0.0951. The molecule has 49 heavy (non-hydrogen) atoms. The van der Waals surface area contributed by atoms with Crippen molar-refractivity contribution in [2.75, 3.05) is 11.4 Å². The van der Waals surface area contributed by atoms with Gasteiger partial charge in [-0.3, -0.25) is 19.3 Å². The van der Waals surface area contributed by atoms with Crippen LogP contribution in [0.15, 0.2) is 108 Å². The van der Waals surface area contributed by atoms with E-state index in [4.69, 9.17) is 11.5 Å². The third kappa shape index (κ3) is 8.30. The van der Waals surface area contributed by atoms with Crippen LogP contribution >= 0.6 is 0 Å². The number of amides is 2. The van der Waals surface area contributed by atoms with Crippen LogP contribution in [0.1, 0.15) is 45.1 Å². The summed E-state index contributed by atoms with van der Waals surface area (Å²) in [5.74, 6) is 0.545. The zero-order valence-corrected chi connectivity index (χ0v) is 25.7. The topological polar surface area (TPSA) is 148 Å². The Balaban J connectivity index is 1.57. The largest absolute Gasteiger partial charge is 0.491 e. The summed E-state index contributed by atoms with van der Waals surface area (Å²) in [4.78, 5) is 58.9. The third-order valence-corrected chi connectivity index (χ3v) is 7.38. The fourth-order valence-electron chi connectivity index (χ4n) is 5.19. The summed E-state index contributed by atoms with van der Waals surface area (Å²) in [7, 11) is 0. The van der Waals surface area contributed by atoms with Gasteiger partial charge in [-0.05, 0) is 53.6 Å². The van der Waals surface area contributed by atoms with Gasteiger partial charge < -0.3 is 21.1 Å². The Bertz CT molecular complexity index is 1980. The van der Waals surface area contributed by atoms with E-state index in [1.165, 1.54) is 11.0 Å². The number of benzene rings is 4. The molecule has 0 spiro atoms. The minimum Gasteiger partial charge on any atom is -0.386 e. The van der Waals surface area contributed by atoms with Crippen LogP contribution in [0.5, 0.6) is 0 Å². The number of rotatable bonds is 7. The normalized spacial score (nSPS) is 13.4. The number of fused-ring (bicyclic) bond motifs is 1. The number of hydrogen-bond donors (Lipinski definition) is 2. The van der Waals surface area contributed by atoms with Crippen LogP contribution in [-0.4, -0.2) is 47.3 Å². The molecule has 1 heterocycles. The van der Waals surface area contributed by atoms with E-state index in [1.807, 2.05) is 6.07 Å². The van der Waals surface area contributed by atoms with Gasteiger partial charge in [-0.1, -0.05) is 72.5 Å². The molecular weight excluding hydrogens is 639 g/mol. The van der Waals surface area contributed by atoms with E-state index in [1.54, 1.807) is 91.0 Å². The average molecular weight is 668 g/mol. The van der Waals surface area contributed by atoms with Gasteiger partial charge in [-0.15, -0.1) is 0 Å². The molecule has 4 aromatic rings. The SMILES string of the molecule is NC(N)=NCc1cccc(C#Cc2ccc3c(c2)C(=O)N(C(CC(=O)OC(=O)C(F)(F)F)c2ccccc2)CC(=O)N3c2ccccc2)c1. The molecule has 0 fully saturated rings. The van der Waals surface area contributed by atoms with E-state index in [0.29, 0.717) is 22.4 Å². The van der Waals surface area contributed by atoms with Crippen molar-refractivity contribution in [3.05, 3.63) is 131 Å². The lowest BCUT2D eigenvalue weighted by Crippen LogP contribution is -2.41. The van der Waals surface area contributed by atoms with Crippen molar-refractivity contribution in [2.45, 2.75) is 25.2 Å². The van der Waals surface area contributed by atoms with E-state index in [9.17, 15) is 32.3 Å². The molecule has 4 N–H and O–H groups in total. The van der Waals surface area contributed by atoms with Crippen LogP contribution in [0, 0.1) is 11.8 Å². The number of esters is 2. The molecule has 0 saturated carbocycles. The molecular formula is C36H28F3N5O5. The molecule has 0 bridgehead atoms. The highest BCUT2D eigenvalue weighted by atomic mass is 19.4. The van der Waals surface area contributed by atoms with Crippen LogP contribution in [0.25, 0.3) is 0 Å². The molecule has 13 heteroatoms. The Morgan fingerprint density at radius 3 is 2.16 bits per heavy atom. The molecule has 0 saturated heterocycles. The molecule has 4 aromatic carbocycles. The van der Waals surface area contributed by atoms with Crippen molar-refractivity contribution < 1.29 is 37.1 Å². The zero-order chi connectivity index (χ0) is 35.1. The van der Waals surface area contributed by atoms with Crippen LogP contribution in [0.2, 0.25) is 0 Å². The first-order chi connectivity index (χ1) is 23.4. The number of halogens is 3. The molecule has 1 aliphatic rings. The van der Waals surface area contributed by atoms with Gasteiger partial charge in [0.15, 0.2) is 5.96 Å². The Hall–Kier alpha value is -6.42. The van der Waals surface area contributed by atoms with Crippen LogP contribution in [0.3, 0.4) is 0 Å². The van der Waals surface area contributed by atoms with Gasteiger partial charge in [0.25, 0.3) is 11.8 Å². The monoisotopic (exact) mass is 667 g/mol. The first-order valence-corrected chi connectivity index (χ1v) is 14.8.